The Morgan fingerprint density at radius 1 is 1.45 bits per heavy atom. The van der Waals surface area contributed by atoms with Crippen LogP contribution in [0.2, 0.25) is 0 Å². The molecule has 2 heterocycles. The van der Waals surface area contributed by atoms with Crippen molar-refractivity contribution in [3.63, 3.8) is 0 Å². The van der Waals surface area contributed by atoms with Crippen LogP contribution >= 0.6 is 11.8 Å². The van der Waals surface area contributed by atoms with Gasteiger partial charge < -0.3 is 10.4 Å². The number of aliphatic hydroxyl groups is 1. The molecule has 1 aromatic rings. The topological polar surface area (TPSA) is 62.2 Å². The largest absolute Gasteiger partial charge is 0.433 e. The van der Waals surface area contributed by atoms with Crippen LogP contribution in [-0.2, 0) is 16.7 Å². The third-order valence-corrected chi connectivity index (χ3v) is 4.22. The molecule has 0 saturated carbocycles. The number of halogens is 3. The summed E-state index contributed by atoms with van der Waals surface area (Å²) in [6, 6.07) is 2.34. The highest BCUT2D eigenvalue weighted by molar-refractivity contribution is 7.99. The second-order valence-corrected chi connectivity index (χ2v) is 5.77. The molecule has 2 N–H and O–H groups in total. The van der Waals surface area contributed by atoms with Crippen LogP contribution in [0.25, 0.3) is 0 Å². The average Bonchev–Trinajstić information content (AvgIpc) is 2.40. The van der Waals surface area contributed by atoms with Gasteiger partial charge in [-0.25, -0.2) is 0 Å². The summed E-state index contributed by atoms with van der Waals surface area (Å²) in [5, 5.41) is 12.0. The molecular weight excluding hydrogens is 293 g/mol. The molecule has 1 fully saturated rings. The van der Waals surface area contributed by atoms with E-state index in [2.05, 4.69) is 10.3 Å². The maximum Gasteiger partial charge on any atom is 0.433 e. The lowest BCUT2D eigenvalue weighted by Gasteiger charge is -2.25. The molecule has 20 heavy (non-hydrogen) atoms. The normalized spacial score (nSPS) is 23.5. The molecule has 110 valence electrons. The molecule has 1 aliphatic heterocycles. The Labute approximate surface area is 117 Å². The van der Waals surface area contributed by atoms with E-state index in [1.807, 2.05) is 0 Å². The summed E-state index contributed by atoms with van der Waals surface area (Å²) in [6.07, 6.45) is -3.88. The molecule has 1 amide bonds. The van der Waals surface area contributed by atoms with Crippen molar-refractivity contribution in [2.75, 3.05) is 6.54 Å². The molecule has 1 saturated heterocycles. The second-order valence-electron chi connectivity index (χ2n) is 4.48. The van der Waals surface area contributed by atoms with E-state index in [4.69, 9.17) is 0 Å². The van der Waals surface area contributed by atoms with E-state index < -0.39 is 18.0 Å². The van der Waals surface area contributed by atoms with Gasteiger partial charge in [0.15, 0.2) is 0 Å². The molecular formula is C12H13F3N2O2S. The second kappa shape index (κ2) is 6.01. The molecule has 0 aliphatic carbocycles. The first-order chi connectivity index (χ1) is 9.36. The number of amides is 1. The van der Waals surface area contributed by atoms with Crippen LogP contribution in [0.15, 0.2) is 18.3 Å². The van der Waals surface area contributed by atoms with Crippen molar-refractivity contribution in [3.8, 4) is 0 Å². The van der Waals surface area contributed by atoms with Crippen molar-refractivity contribution >= 4 is 17.7 Å². The summed E-state index contributed by atoms with van der Waals surface area (Å²) in [6.45, 7) is 0.453. The van der Waals surface area contributed by atoms with Crippen LogP contribution in [0, 0.1) is 0 Å². The predicted molar refractivity (Wildman–Crippen MR) is 68.0 cm³/mol. The zero-order valence-electron chi connectivity index (χ0n) is 10.4. The number of rotatable bonds is 3. The van der Waals surface area contributed by atoms with E-state index in [-0.39, 0.29) is 11.2 Å². The van der Waals surface area contributed by atoms with Crippen LogP contribution in [-0.4, -0.2) is 33.9 Å². The molecule has 0 radical (unpaired) electrons. The fourth-order valence-corrected chi connectivity index (χ4v) is 2.91. The predicted octanol–water partition coefficient (Wildman–Crippen LogP) is 1.58. The number of nitrogens with zero attached hydrogens (tertiary/aromatic N) is 1. The van der Waals surface area contributed by atoms with Gasteiger partial charge in [0.1, 0.15) is 11.8 Å². The zero-order chi connectivity index (χ0) is 14.8. The van der Waals surface area contributed by atoms with Gasteiger partial charge in [-0.05, 0) is 18.1 Å². The lowest BCUT2D eigenvalue weighted by Crippen LogP contribution is -2.46. The summed E-state index contributed by atoms with van der Waals surface area (Å²) >= 11 is 1.47. The van der Waals surface area contributed by atoms with Crippen molar-refractivity contribution in [2.45, 2.75) is 29.7 Å². The van der Waals surface area contributed by atoms with Gasteiger partial charge in [0.05, 0.1) is 0 Å². The van der Waals surface area contributed by atoms with Crippen molar-refractivity contribution < 1.29 is 23.1 Å². The SMILES string of the molecule is O=C1NCC(SCc2ccc(C(F)(F)F)nc2)CC1O. The van der Waals surface area contributed by atoms with Crippen molar-refractivity contribution in [1.82, 2.24) is 10.3 Å². The van der Waals surface area contributed by atoms with Crippen molar-refractivity contribution in [2.24, 2.45) is 0 Å². The van der Waals surface area contributed by atoms with E-state index in [1.165, 1.54) is 24.0 Å². The Bertz CT molecular complexity index is 479. The molecule has 0 aromatic carbocycles. The average molecular weight is 306 g/mol. The Hall–Kier alpha value is -1.28. The summed E-state index contributed by atoms with van der Waals surface area (Å²) < 4.78 is 37.0. The van der Waals surface area contributed by atoms with E-state index in [1.54, 1.807) is 0 Å². The molecule has 1 aromatic heterocycles. The van der Waals surface area contributed by atoms with Crippen LogP contribution in [0.3, 0.4) is 0 Å². The molecule has 2 atom stereocenters. The minimum Gasteiger partial charge on any atom is -0.383 e. The smallest absolute Gasteiger partial charge is 0.383 e. The fourth-order valence-electron chi connectivity index (χ4n) is 1.79. The Balaban J connectivity index is 1.87. The van der Waals surface area contributed by atoms with E-state index in [0.29, 0.717) is 24.3 Å². The van der Waals surface area contributed by atoms with Crippen LogP contribution in [0.4, 0.5) is 13.2 Å². The van der Waals surface area contributed by atoms with Crippen molar-refractivity contribution in [3.05, 3.63) is 29.6 Å². The molecule has 2 rings (SSSR count). The number of aliphatic hydroxyl groups excluding tert-OH is 1. The maximum absolute atomic E-state index is 12.3. The Morgan fingerprint density at radius 3 is 2.75 bits per heavy atom. The number of thioether (sulfide) groups is 1. The summed E-state index contributed by atoms with van der Waals surface area (Å²) in [5.74, 6) is 0.108. The molecule has 8 heteroatoms. The number of nitrogens with one attached hydrogen (secondary N) is 1. The Kier molecular flexibility index (Phi) is 4.54. The van der Waals surface area contributed by atoms with Gasteiger partial charge in [-0.15, -0.1) is 0 Å². The maximum atomic E-state index is 12.3. The first-order valence-electron chi connectivity index (χ1n) is 5.96. The molecule has 1 aliphatic rings. The third kappa shape index (κ3) is 3.86. The van der Waals surface area contributed by atoms with E-state index in [0.717, 1.165) is 6.07 Å². The number of aromatic nitrogens is 1. The van der Waals surface area contributed by atoms with Crippen LogP contribution in [0.1, 0.15) is 17.7 Å². The number of piperidine rings is 1. The summed E-state index contributed by atoms with van der Waals surface area (Å²) in [4.78, 5) is 14.4. The lowest BCUT2D eigenvalue weighted by molar-refractivity contribution is -0.141. The minimum atomic E-state index is -4.43. The van der Waals surface area contributed by atoms with Crippen LogP contribution < -0.4 is 5.32 Å². The van der Waals surface area contributed by atoms with Gasteiger partial charge >= 0.3 is 6.18 Å². The van der Waals surface area contributed by atoms with Crippen molar-refractivity contribution in [1.29, 1.82) is 0 Å². The molecule has 0 spiro atoms. The number of carbonyl (C=O) groups is 1. The monoisotopic (exact) mass is 306 g/mol. The highest BCUT2D eigenvalue weighted by Crippen LogP contribution is 2.28. The summed E-state index contributed by atoms with van der Waals surface area (Å²) in [5.41, 5.74) is -0.235. The van der Waals surface area contributed by atoms with Gasteiger partial charge in [0.2, 0.25) is 5.91 Å². The van der Waals surface area contributed by atoms with Gasteiger partial charge in [0, 0.05) is 23.7 Å². The minimum absolute atomic E-state index is 0.0463. The first kappa shape index (κ1) is 15.1. The van der Waals surface area contributed by atoms with Gasteiger partial charge in [0.25, 0.3) is 0 Å². The number of alkyl halides is 3. The number of carbonyl (C=O) groups excluding carboxylic acids is 1. The lowest BCUT2D eigenvalue weighted by atomic mass is 10.1. The molecule has 4 nitrogen and oxygen atoms in total. The van der Waals surface area contributed by atoms with Gasteiger partial charge in [-0.2, -0.15) is 24.9 Å². The fraction of sp³-hybridized carbons (Fsp3) is 0.500. The van der Waals surface area contributed by atoms with Crippen LogP contribution in [0.5, 0.6) is 0 Å². The highest BCUT2D eigenvalue weighted by atomic mass is 32.2. The van der Waals surface area contributed by atoms with Gasteiger partial charge in [-0.1, -0.05) is 6.07 Å². The first-order valence-corrected chi connectivity index (χ1v) is 7.00. The molecule has 0 bridgehead atoms. The van der Waals surface area contributed by atoms with E-state index >= 15 is 0 Å². The van der Waals surface area contributed by atoms with E-state index in [9.17, 15) is 23.1 Å². The number of hydrogen-bond acceptors (Lipinski definition) is 4. The number of pyridine rings is 1. The Morgan fingerprint density at radius 2 is 2.20 bits per heavy atom. The molecule has 2 unspecified atom stereocenters. The van der Waals surface area contributed by atoms with Gasteiger partial charge in [-0.3, -0.25) is 9.78 Å². The summed E-state index contributed by atoms with van der Waals surface area (Å²) in [7, 11) is 0. The number of hydrogen-bond donors (Lipinski definition) is 2. The quantitative estimate of drug-likeness (QED) is 0.890. The highest BCUT2D eigenvalue weighted by Gasteiger charge is 2.32. The third-order valence-electron chi connectivity index (χ3n) is 2.89. The zero-order valence-corrected chi connectivity index (χ0v) is 11.2. The standard InChI is InChI=1S/C12H13F3N2O2S/c13-12(14,15)10-2-1-7(4-16-10)6-20-8-3-9(18)11(19)17-5-8/h1-2,4,8-9,18H,3,5-6H2,(H,17,19).